The Morgan fingerprint density at radius 3 is 2.39 bits per heavy atom. The van der Waals surface area contributed by atoms with Gasteiger partial charge in [-0.25, -0.2) is 13.1 Å². The minimum Gasteiger partial charge on any atom is -0.215 e. The van der Waals surface area contributed by atoms with Gasteiger partial charge in [-0.1, -0.05) is 23.7 Å². The van der Waals surface area contributed by atoms with E-state index in [9.17, 15) is 8.42 Å². The Bertz CT molecular complexity index is 446. The summed E-state index contributed by atoms with van der Waals surface area (Å²) >= 11 is 11.3. The number of unbranched alkanes of at least 4 members (excludes halogenated alkanes) is 1. The van der Waals surface area contributed by atoms with Crippen molar-refractivity contribution < 1.29 is 8.42 Å². The summed E-state index contributed by atoms with van der Waals surface area (Å²) in [6, 6.07) is 7.38. The first kappa shape index (κ1) is 15.8. The molecule has 3 nitrogen and oxygen atoms in total. The maximum Gasteiger partial charge on any atom is 0.211 e. The number of sulfonamides is 1. The van der Waals surface area contributed by atoms with Crippen LogP contribution in [0.5, 0.6) is 0 Å². The lowest BCUT2D eigenvalue weighted by Crippen LogP contribution is -2.28. The second kappa shape index (κ2) is 8.00. The molecule has 18 heavy (non-hydrogen) atoms. The van der Waals surface area contributed by atoms with E-state index >= 15 is 0 Å². The Morgan fingerprint density at radius 2 is 1.78 bits per heavy atom. The van der Waals surface area contributed by atoms with Crippen LogP contribution < -0.4 is 4.72 Å². The molecule has 0 atom stereocenters. The third-order valence-corrected chi connectivity index (χ3v) is 4.43. The van der Waals surface area contributed by atoms with Crippen LogP contribution in [0.2, 0.25) is 5.02 Å². The number of hydrogen-bond donors (Lipinski definition) is 1. The molecule has 0 bridgehead atoms. The van der Waals surface area contributed by atoms with Crippen LogP contribution in [0, 0.1) is 0 Å². The fourth-order valence-electron chi connectivity index (χ4n) is 1.46. The normalized spacial score (nSPS) is 11.7. The molecular weight excluding hydrogens is 293 g/mol. The molecule has 0 unspecified atom stereocenters. The fraction of sp³-hybridized carbons (Fsp3) is 0.500. The van der Waals surface area contributed by atoms with Crippen molar-refractivity contribution in [2.75, 3.05) is 18.2 Å². The zero-order chi connectivity index (χ0) is 13.4. The van der Waals surface area contributed by atoms with Crippen LogP contribution in [-0.4, -0.2) is 26.6 Å². The Morgan fingerprint density at radius 1 is 1.11 bits per heavy atom. The average Bonchev–Trinajstić information content (AvgIpc) is 2.32. The monoisotopic (exact) mass is 309 g/mol. The lowest BCUT2D eigenvalue weighted by molar-refractivity contribution is 0.578. The third kappa shape index (κ3) is 6.59. The molecule has 1 aromatic carbocycles. The Hall–Kier alpha value is -0.290. The van der Waals surface area contributed by atoms with E-state index in [4.69, 9.17) is 23.2 Å². The van der Waals surface area contributed by atoms with E-state index in [0.29, 0.717) is 30.3 Å². The third-order valence-electron chi connectivity index (χ3n) is 2.45. The van der Waals surface area contributed by atoms with E-state index in [0.717, 1.165) is 12.0 Å². The van der Waals surface area contributed by atoms with Gasteiger partial charge < -0.3 is 0 Å². The van der Waals surface area contributed by atoms with E-state index in [2.05, 4.69) is 4.72 Å². The predicted molar refractivity (Wildman–Crippen MR) is 76.9 cm³/mol. The highest BCUT2D eigenvalue weighted by Crippen LogP contribution is 2.09. The molecule has 1 rings (SSSR count). The highest BCUT2D eigenvalue weighted by molar-refractivity contribution is 7.89. The number of nitrogens with one attached hydrogen (secondary N) is 1. The second-order valence-electron chi connectivity index (χ2n) is 3.99. The molecule has 0 aliphatic rings. The first-order chi connectivity index (χ1) is 8.53. The molecule has 0 radical (unpaired) electrons. The summed E-state index contributed by atoms with van der Waals surface area (Å²) in [5.41, 5.74) is 1.06. The van der Waals surface area contributed by atoms with Gasteiger partial charge in [0.25, 0.3) is 0 Å². The number of alkyl halides is 1. The van der Waals surface area contributed by atoms with Crippen LogP contribution in [-0.2, 0) is 16.4 Å². The Labute approximate surface area is 119 Å². The molecular formula is C12H17Cl2NO2S. The second-order valence-corrected chi connectivity index (χ2v) is 6.73. The van der Waals surface area contributed by atoms with Crippen molar-refractivity contribution in [1.82, 2.24) is 4.72 Å². The van der Waals surface area contributed by atoms with Crippen LogP contribution in [0.1, 0.15) is 18.4 Å². The summed E-state index contributed by atoms with van der Waals surface area (Å²) in [7, 11) is -3.17. The molecule has 0 aromatic heterocycles. The lowest BCUT2D eigenvalue weighted by Gasteiger charge is -2.06. The highest BCUT2D eigenvalue weighted by Gasteiger charge is 2.08. The van der Waals surface area contributed by atoms with E-state index in [-0.39, 0.29) is 5.75 Å². The van der Waals surface area contributed by atoms with Gasteiger partial charge in [-0.15, -0.1) is 11.6 Å². The zero-order valence-electron chi connectivity index (χ0n) is 10.0. The van der Waals surface area contributed by atoms with Gasteiger partial charge in [-0.3, -0.25) is 0 Å². The quantitative estimate of drug-likeness (QED) is 0.593. The van der Waals surface area contributed by atoms with Crippen molar-refractivity contribution in [2.45, 2.75) is 19.3 Å². The van der Waals surface area contributed by atoms with Crippen molar-refractivity contribution in [3.05, 3.63) is 34.9 Å². The topological polar surface area (TPSA) is 46.2 Å². The SMILES string of the molecule is O=S(=O)(CCCCCl)NCCc1ccc(Cl)cc1. The number of rotatable bonds is 8. The summed E-state index contributed by atoms with van der Waals surface area (Å²) in [6.45, 7) is 0.408. The van der Waals surface area contributed by atoms with E-state index in [1.165, 1.54) is 0 Å². The Kier molecular flexibility index (Phi) is 7.00. The fourth-order valence-corrected chi connectivity index (χ4v) is 2.92. The molecule has 0 fully saturated rings. The van der Waals surface area contributed by atoms with Crippen molar-refractivity contribution in [1.29, 1.82) is 0 Å². The van der Waals surface area contributed by atoms with Gasteiger partial charge in [0, 0.05) is 17.4 Å². The smallest absolute Gasteiger partial charge is 0.211 e. The molecule has 1 aromatic rings. The van der Waals surface area contributed by atoms with Crippen LogP contribution in [0.4, 0.5) is 0 Å². The van der Waals surface area contributed by atoms with Crippen molar-refractivity contribution in [2.24, 2.45) is 0 Å². The molecule has 102 valence electrons. The minimum absolute atomic E-state index is 0.139. The van der Waals surface area contributed by atoms with Crippen molar-refractivity contribution in [3.8, 4) is 0 Å². The molecule has 1 N–H and O–H groups in total. The zero-order valence-corrected chi connectivity index (χ0v) is 12.4. The van der Waals surface area contributed by atoms with Gasteiger partial charge in [-0.05, 0) is 37.0 Å². The van der Waals surface area contributed by atoms with Crippen LogP contribution in [0.25, 0.3) is 0 Å². The molecule has 6 heteroatoms. The lowest BCUT2D eigenvalue weighted by atomic mass is 10.2. The average molecular weight is 310 g/mol. The molecule has 0 saturated heterocycles. The van der Waals surface area contributed by atoms with Gasteiger partial charge in [-0.2, -0.15) is 0 Å². The minimum atomic E-state index is -3.17. The van der Waals surface area contributed by atoms with E-state index in [1.807, 2.05) is 12.1 Å². The number of benzene rings is 1. The summed E-state index contributed by atoms with van der Waals surface area (Å²) in [6.07, 6.45) is 1.98. The molecule has 0 aliphatic carbocycles. The summed E-state index contributed by atoms with van der Waals surface area (Å²) in [5.74, 6) is 0.640. The molecule has 0 aliphatic heterocycles. The highest BCUT2D eigenvalue weighted by atomic mass is 35.5. The summed E-state index contributed by atoms with van der Waals surface area (Å²) < 4.78 is 25.7. The standard InChI is InChI=1S/C12H17Cl2NO2S/c13-8-1-2-10-18(16,17)15-9-7-11-3-5-12(14)6-4-11/h3-6,15H,1-2,7-10H2. The summed E-state index contributed by atoms with van der Waals surface area (Å²) in [4.78, 5) is 0. The maximum atomic E-state index is 11.6. The van der Waals surface area contributed by atoms with Gasteiger partial charge in [0.05, 0.1) is 5.75 Å². The molecule has 0 spiro atoms. The van der Waals surface area contributed by atoms with E-state index < -0.39 is 10.0 Å². The first-order valence-electron chi connectivity index (χ1n) is 5.81. The van der Waals surface area contributed by atoms with Crippen molar-refractivity contribution >= 4 is 33.2 Å². The summed E-state index contributed by atoms with van der Waals surface area (Å²) in [5, 5.41) is 0.681. The van der Waals surface area contributed by atoms with Gasteiger partial charge in [0.15, 0.2) is 0 Å². The maximum absolute atomic E-state index is 11.6. The van der Waals surface area contributed by atoms with Gasteiger partial charge in [0.1, 0.15) is 0 Å². The largest absolute Gasteiger partial charge is 0.215 e. The Balaban J connectivity index is 2.30. The van der Waals surface area contributed by atoms with Gasteiger partial charge in [0.2, 0.25) is 10.0 Å². The number of hydrogen-bond acceptors (Lipinski definition) is 2. The molecule has 0 heterocycles. The predicted octanol–water partition coefficient (Wildman–Crippen LogP) is 2.82. The van der Waals surface area contributed by atoms with Gasteiger partial charge >= 0.3 is 0 Å². The number of halogens is 2. The van der Waals surface area contributed by atoms with Crippen LogP contribution in [0.15, 0.2) is 24.3 Å². The van der Waals surface area contributed by atoms with Crippen molar-refractivity contribution in [3.63, 3.8) is 0 Å². The van der Waals surface area contributed by atoms with Crippen LogP contribution in [0.3, 0.4) is 0 Å². The molecule has 0 amide bonds. The van der Waals surface area contributed by atoms with Crippen LogP contribution >= 0.6 is 23.2 Å². The molecule has 0 saturated carbocycles. The first-order valence-corrected chi connectivity index (χ1v) is 8.38. The van der Waals surface area contributed by atoms with E-state index in [1.54, 1.807) is 12.1 Å².